The molecule has 64 heavy (non-hydrogen) atoms. The summed E-state index contributed by atoms with van der Waals surface area (Å²) in [4.78, 5) is 35.5. The van der Waals surface area contributed by atoms with Gasteiger partial charge in [0.1, 0.15) is 19.8 Å². The smallest absolute Gasteiger partial charge is 0.462 e. The second-order valence-corrected chi connectivity index (χ2v) is 20.4. The molecular weight excluding hydrogens is 822 g/mol. The normalized spacial score (nSPS) is 13.8. The van der Waals surface area contributed by atoms with E-state index >= 15 is 0 Å². The zero-order valence-electron chi connectivity index (χ0n) is 42.3. The van der Waals surface area contributed by atoms with Crippen LogP contribution in [-0.4, -0.2) is 74.9 Å². The Morgan fingerprint density at radius 2 is 0.859 bits per heavy atom. The molecule has 0 radical (unpaired) electrons. The standard InChI is InChI=1S/C54H100NO8P/c1-6-8-10-12-14-16-18-20-22-24-26-27-29-30-32-34-36-38-40-42-44-46-53(56)60-50-52(51-62-64(58,59)61-49-48-55(3,4)5)63-54(57)47-45-43-41-39-37-35-33-31-28-25-23-21-19-17-15-13-11-9-7-2/h22,24,27,29,32,34,38,40,52H,6-21,23,25-26,28,30-31,33,35-37,39,41-51H2,1-5H3/p+1/b24-22+,29-27+,34-32+,40-38+/t52-/m1/s1. The largest absolute Gasteiger partial charge is 0.472 e. The van der Waals surface area contributed by atoms with Crippen molar-refractivity contribution in [3.05, 3.63) is 48.6 Å². The number of unbranched alkanes of at least 4 members (excludes halogenated alkanes) is 26. The number of esters is 2. The lowest BCUT2D eigenvalue weighted by Gasteiger charge is -2.24. The molecule has 0 heterocycles. The Bertz CT molecular complexity index is 1230. The molecule has 9 nitrogen and oxygen atoms in total. The van der Waals surface area contributed by atoms with Crippen molar-refractivity contribution in [1.29, 1.82) is 0 Å². The fraction of sp³-hybridized carbons (Fsp3) is 0.815. The lowest BCUT2D eigenvalue weighted by molar-refractivity contribution is -0.870. The van der Waals surface area contributed by atoms with Crippen LogP contribution in [0.3, 0.4) is 0 Å². The van der Waals surface area contributed by atoms with Crippen molar-refractivity contribution in [3.8, 4) is 0 Å². The summed E-state index contributed by atoms with van der Waals surface area (Å²) in [5, 5.41) is 0. The van der Waals surface area contributed by atoms with E-state index < -0.39 is 32.5 Å². The van der Waals surface area contributed by atoms with Crippen LogP contribution in [0.4, 0.5) is 0 Å². The SMILES string of the molecule is CCCCCCCCC/C=C/C/C=C/C/C=C/C/C=C/CCCC(=O)OC[C@H](COP(=O)(O)OCC[N+](C)(C)C)OC(=O)CCCCCCCCCCCCCCCCCCCCC. The maximum Gasteiger partial charge on any atom is 0.472 e. The van der Waals surface area contributed by atoms with Crippen molar-refractivity contribution in [2.45, 2.75) is 238 Å². The Kier molecular flexibility index (Phi) is 44.6. The quantitative estimate of drug-likeness (QED) is 0.0211. The summed E-state index contributed by atoms with van der Waals surface area (Å²) in [6.45, 7) is 4.39. The number of carbonyl (C=O) groups is 2. The number of phosphoric acid groups is 1. The molecule has 0 spiro atoms. The summed E-state index contributed by atoms with van der Waals surface area (Å²) < 4.78 is 34.4. The number of quaternary nitrogens is 1. The Hall–Kier alpha value is -2.03. The molecule has 0 aliphatic rings. The highest BCUT2D eigenvalue weighted by atomic mass is 31.2. The fourth-order valence-corrected chi connectivity index (χ4v) is 7.99. The van der Waals surface area contributed by atoms with Crippen LogP contribution >= 0.6 is 7.82 Å². The minimum absolute atomic E-state index is 0.0235. The Balaban J connectivity index is 4.32. The summed E-state index contributed by atoms with van der Waals surface area (Å²) in [6.07, 6.45) is 56.0. The van der Waals surface area contributed by atoms with Gasteiger partial charge in [0.05, 0.1) is 27.7 Å². The van der Waals surface area contributed by atoms with Crippen LogP contribution in [-0.2, 0) is 32.7 Å². The topological polar surface area (TPSA) is 108 Å². The van der Waals surface area contributed by atoms with E-state index in [4.69, 9.17) is 18.5 Å². The summed E-state index contributed by atoms with van der Waals surface area (Å²) in [6, 6.07) is 0. The van der Waals surface area contributed by atoms with E-state index in [-0.39, 0.29) is 26.1 Å². The lowest BCUT2D eigenvalue weighted by Crippen LogP contribution is -2.37. The molecule has 2 atom stereocenters. The second-order valence-electron chi connectivity index (χ2n) is 18.9. The number of phosphoric ester groups is 1. The molecule has 0 rings (SSSR count). The van der Waals surface area contributed by atoms with E-state index in [0.717, 1.165) is 38.5 Å². The molecular formula is C54H101NO8P+. The molecule has 10 heteroatoms. The van der Waals surface area contributed by atoms with Gasteiger partial charge in [-0.25, -0.2) is 4.57 Å². The first-order chi connectivity index (χ1) is 31.0. The maximum atomic E-state index is 12.8. The van der Waals surface area contributed by atoms with E-state index in [1.807, 2.05) is 21.1 Å². The Labute approximate surface area is 394 Å². The molecule has 0 fully saturated rings. The van der Waals surface area contributed by atoms with E-state index in [9.17, 15) is 19.0 Å². The van der Waals surface area contributed by atoms with Gasteiger partial charge in [0.25, 0.3) is 0 Å². The van der Waals surface area contributed by atoms with Crippen LogP contribution < -0.4 is 0 Å². The third kappa shape index (κ3) is 49.4. The van der Waals surface area contributed by atoms with Gasteiger partial charge in [-0.1, -0.05) is 217 Å². The number of allylic oxidation sites excluding steroid dienone is 8. The highest BCUT2D eigenvalue weighted by Crippen LogP contribution is 2.43. The molecule has 0 aliphatic heterocycles. The van der Waals surface area contributed by atoms with Gasteiger partial charge in [-0.2, -0.15) is 0 Å². The average Bonchev–Trinajstić information content (AvgIpc) is 3.25. The first-order valence-electron chi connectivity index (χ1n) is 26.4. The summed E-state index contributed by atoms with van der Waals surface area (Å²) >= 11 is 0. The van der Waals surface area contributed by atoms with Crippen molar-refractivity contribution in [3.63, 3.8) is 0 Å². The van der Waals surface area contributed by atoms with Crippen LogP contribution in [0.1, 0.15) is 232 Å². The molecule has 0 saturated heterocycles. The zero-order valence-corrected chi connectivity index (χ0v) is 43.2. The number of hydrogen-bond donors (Lipinski definition) is 1. The number of rotatable bonds is 48. The second kappa shape index (κ2) is 46.1. The lowest BCUT2D eigenvalue weighted by atomic mass is 10.0. The summed E-state index contributed by atoms with van der Waals surface area (Å²) in [5.41, 5.74) is 0. The summed E-state index contributed by atoms with van der Waals surface area (Å²) in [5.74, 6) is -0.856. The molecule has 0 aromatic heterocycles. The molecule has 1 unspecified atom stereocenters. The van der Waals surface area contributed by atoms with E-state index in [1.165, 1.54) is 154 Å². The summed E-state index contributed by atoms with van der Waals surface area (Å²) in [7, 11) is 1.45. The number of ether oxygens (including phenoxy) is 2. The Morgan fingerprint density at radius 1 is 0.484 bits per heavy atom. The predicted octanol–water partition coefficient (Wildman–Crippen LogP) is 15.8. The first-order valence-corrected chi connectivity index (χ1v) is 27.9. The maximum absolute atomic E-state index is 12.8. The number of carbonyl (C=O) groups excluding carboxylic acids is 2. The van der Waals surface area contributed by atoms with Gasteiger partial charge >= 0.3 is 19.8 Å². The fourth-order valence-electron chi connectivity index (χ4n) is 7.24. The van der Waals surface area contributed by atoms with Crippen LogP contribution in [0.5, 0.6) is 0 Å². The van der Waals surface area contributed by atoms with E-state index in [0.29, 0.717) is 23.9 Å². The van der Waals surface area contributed by atoms with Crippen molar-refractivity contribution >= 4 is 19.8 Å². The van der Waals surface area contributed by atoms with Gasteiger partial charge in [-0.05, 0) is 51.4 Å². The van der Waals surface area contributed by atoms with E-state index in [2.05, 4.69) is 62.5 Å². The third-order valence-electron chi connectivity index (χ3n) is 11.4. The minimum Gasteiger partial charge on any atom is -0.462 e. The van der Waals surface area contributed by atoms with Crippen molar-refractivity contribution in [2.24, 2.45) is 0 Å². The van der Waals surface area contributed by atoms with Crippen molar-refractivity contribution in [1.82, 2.24) is 0 Å². The van der Waals surface area contributed by atoms with Crippen LogP contribution in [0.15, 0.2) is 48.6 Å². The van der Waals surface area contributed by atoms with Crippen LogP contribution in [0, 0.1) is 0 Å². The Morgan fingerprint density at radius 3 is 1.30 bits per heavy atom. The predicted molar refractivity (Wildman–Crippen MR) is 270 cm³/mol. The third-order valence-corrected chi connectivity index (χ3v) is 12.3. The molecule has 0 aliphatic carbocycles. The molecule has 0 amide bonds. The van der Waals surface area contributed by atoms with Gasteiger partial charge in [0, 0.05) is 12.8 Å². The highest BCUT2D eigenvalue weighted by molar-refractivity contribution is 7.47. The molecule has 0 saturated carbocycles. The number of likely N-dealkylation sites (N-methyl/N-ethyl adjacent to an activating group) is 1. The van der Waals surface area contributed by atoms with Gasteiger partial charge in [0.15, 0.2) is 6.10 Å². The molecule has 0 aromatic rings. The van der Waals surface area contributed by atoms with E-state index in [1.54, 1.807) is 0 Å². The van der Waals surface area contributed by atoms with Gasteiger partial charge in [-0.3, -0.25) is 18.6 Å². The average molecular weight is 923 g/mol. The van der Waals surface area contributed by atoms with Gasteiger partial charge in [0.2, 0.25) is 0 Å². The molecule has 0 bridgehead atoms. The molecule has 1 N–H and O–H groups in total. The molecule has 374 valence electrons. The van der Waals surface area contributed by atoms with Crippen LogP contribution in [0.25, 0.3) is 0 Å². The highest BCUT2D eigenvalue weighted by Gasteiger charge is 2.27. The number of nitrogens with zero attached hydrogens (tertiary/aromatic N) is 1. The molecule has 0 aromatic carbocycles. The monoisotopic (exact) mass is 923 g/mol. The van der Waals surface area contributed by atoms with Gasteiger partial charge < -0.3 is 18.9 Å². The van der Waals surface area contributed by atoms with Crippen molar-refractivity contribution in [2.75, 3.05) is 47.5 Å². The van der Waals surface area contributed by atoms with Crippen LogP contribution in [0.2, 0.25) is 0 Å². The number of hydrogen-bond acceptors (Lipinski definition) is 7. The minimum atomic E-state index is -4.39. The first kappa shape index (κ1) is 62.0. The zero-order chi connectivity index (χ0) is 47.1. The van der Waals surface area contributed by atoms with Gasteiger partial charge in [-0.15, -0.1) is 0 Å². The van der Waals surface area contributed by atoms with Crippen molar-refractivity contribution < 1.29 is 42.1 Å².